The second-order valence-corrected chi connectivity index (χ2v) is 8.02. The predicted octanol–water partition coefficient (Wildman–Crippen LogP) is 5.36. The van der Waals surface area contributed by atoms with Crippen LogP contribution in [0, 0.1) is 0 Å². The Morgan fingerprint density at radius 1 is 1.06 bits per heavy atom. The highest BCUT2D eigenvalue weighted by atomic mass is 35.5. The molecule has 0 radical (unpaired) electrons. The smallest absolute Gasteiger partial charge is 0.295 e. The molecule has 0 saturated carbocycles. The molecule has 1 aliphatic heterocycles. The lowest BCUT2D eigenvalue weighted by Crippen LogP contribution is -2.30. The standard InChI is InChI=1S/C25H28ClNO5/c1-4-6-14-32-17-9-7-16(8-10-17)22-21(24(29)25(30)27(22)13-5-2)23(28)19-15-18(31-3)11-12-20(19)26/h7-12,15,22,28H,4-6,13-14H2,1-3H3/b23-21+. The normalized spacial score (nSPS) is 17.6. The topological polar surface area (TPSA) is 76.1 Å². The van der Waals surface area contributed by atoms with Gasteiger partial charge in [0.1, 0.15) is 17.3 Å². The number of hydrogen-bond acceptors (Lipinski definition) is 5. The van der Waals surface area contributed by atoms with E-state index in [2.05, 4.69) is 6.92 Å². The molecule has 170 valence electrons. The first kappa shape index (κ1) is 23.7. The molecule has 1 unspecified atom stereocenters. The van der Waals surface area contributed by atoms with Crippen LogP contribution in [0.15, 0.2) is 48.0 Å². The molecular weight excluding hydrogens is 430 g/mol. The number of benzene rings is 2. The van der Waals surface area contributed by atoms with E-state index in [9.17, 15) is 14.7 Å². The van der Waals surface area contributed by atoms with Crippen molar-refractivity contribution in [3.63, 3.8) is 0 Å². The number of Topliss-reactive ketones (excluding diaryl/α,β-unsaturated/α-hetero) is 1. The van der Waals surface area contributed by atoms with Crippen LogP contribution in [-0.4, -0.2) is 42.0 Å². The molecule has 2 aromatic carbocycles. The van der Waals surface area contributed by atoms with E-state index in [-0.39, 0.29) is 21.9 Å². The number of methoxy groups -OCH3 is 1. The molecule has 7 heteroatoms. The van der Waals surface area contributed by atoms with Crippen molar-refractivity contribution in [2.45, 2.75) is 39.2 Å². The predicted molar refractivity (Wildman–Crippen MR) is 124 cm³/mol. The summed E-state index contributed by atoms with van der Waals surface area (Å²) >= 11 is 6.31. The van der Waals surface area contributed by atoms with Crippen molar-refractivity contribution in [3.05, 3.63) is 64.2 Å². The average Bonchev–Trinajstić information content (AvgIpc) is 3.05. The molecule has 32 heavy (non-hydrogen) atoms. The quantitative estimate of drug-likeness (QED) is 0.237. The number of rotatable bonds is 9. The summed E-state index contributed by atoms with van der Waals surface area (Å²) in [5.41, 5.74) is 0.962. The van der Waals surface area contributed by atoms with Gasteiger partial charge in [0.2, 0.25) is 0 Å². The van der Waals surface area contributed by atoms with Gasteiger partial charge in [-0.1, -0.05) is 44.0 Å². The maximum Gasteiger partial charge on any atom is 0.295 e. The van der Waals surface area contributed by atoms with Crippen molar-refractivity contribution in [1.29, 1.82) is 0 Å². The Bertz CT molecular complexity index is 1020. The maximum atomic E-state index is 13.0. The molecule has 1 N–H and O–H groups in total. The molecule has 3 rings (SSSR count). The van der Waals surface area contributed by atoms with Crippen molar-refractivity contribution in [3.8, 4) is 11.5 Å². The van der Waals surface area contributed by atoms with Gasteiger partial charge >= 0.3 is 0 Å². The number of amides is 1. The molecule has 1 saturated heterocycles. The van der Waals surface area contributed by atoms with Crippen LogP contribution in [0.25, 0.3) is 5.76 Å². The molecule has 6 nitrogen and oxygen atoms in total. The number of likely N-dealkylation sites (tertiary alicyclic amines) is 1. The second kappa shape index (κ2) is 10.6. The van der Waals surface area contributed by atoms with Crippen LogP contribution in [0.4, 0.5) is 0 Å². The van der Waals surface area contributed by atoms with E-state index in [1.807, 2.05) is 31.2 Å². The van der Waals surface area contributed by atoms with Crippen LogP contribution in [0.1, 0.15) is 50.3 Å². The van der Waals surface area contributed by atoms with E-state index in [1.54, 1.807) is 18.2 Å². The molecule has 1 heterocycles. The Hall–Kier alpha value is -2.99. The molecule has 2 aromatic rings. The average molecular weight is 458 g/mol. The fourth-order valence-electron chi connectivity index (χ4n) is 3.74. The first-order valence-electron chi connectivity index (χ1n) is 10.8. The number of aliphatic hydroxyl groups is 1. The Morgan fingerprint density at radius 2 is 1.75 bits per heavy atom. The zero-order valence-electron chi connectivity index (χ0n) is 18.6. The third-order valence-electron chi connectivity index (χ3n) is 5.40. The first-order chi connectivity index (χ1) is 15.4. The molecule has 1 amide bonds. The number of aliphatic hydroxyl groups excluding tert-OH is 1. The molecule has 1 atom stereocenters. The molecule has 0 aliphatic carbocycles. The van der Waals surface area contributed by atoms with E-state index < -0.39 is 17.7 Å². The van der Waals surface area contributed by atoms with Gasteiger partial charge in [0.15, 0.2) is 0 Å². The third-order valence-corrected chi connectivity index (χ3v) is 5.73. The lowest BCUT2D eigenvalue weighted by Gasteiger charge is -2.25. The van der Waals surface area contributed by atoms with E-state index in [0.717, 1.165) is 12.8 Å². The van der Waals surface area contributed by atoms with Gasteiger partial charge in [0, 0.05) is 12.1 Å². The Balaban J connectivity index is 2.08. The van der Waals surface area contributed by atoms with Crippen LogP contribution < -0.4 is 9.47 Å². The van der Waals surface area contributed by atoms with Crippen LogP contribution in [0.5, 0.6) is 11.5 Å². The van der Waals surface area contributed by atoms with E-state index >= 15 is 0 Å². The molecule has 0 bridgehead atoms. The molecule has 0 aromatic heterocycles. The van der Waals surface area contributed by atoms with Gasteiger partial charge in [-0.05, 0) is 48.7 Å². The number of ketones is 1. The van der Waals surface area contributed by atoms with Crippen molar-refractivity contribution < 1.29 is 24.2 Å². The second-order valence-electron chi connectivity index (χ2n) is 7.61. The Morgan fingerprint density at radius 3 is 2.38 bits per heavy atom. The van der Waals surface area contributed by atoms with Crippen LogP contribution in [-0.2, 0) is 9.59 Å². The molecule has 1 fully saturated rings. The number of halogens is 1. The summed E-state index contributed by atoms with van der Waals surface area (Å²) in [5.74, 6) is -0.503. The third kappa shape index (κ3) is 4.75. The Labute approximate surface area is 193 Å². The SMILES string of the molecule is CCCCOc1ccc(C2/C(=C(\O)c3cc(OC)ccc3Cl)C(=O)C(=O)N2CCC)cc1. The number of nitrogens with zero attached hydrogens (tertiary/aromatic N) is 1. The van der Waals surface area contributed by atoms with Gasteiger partial charge < -0.3 is 19.5 Å². The summed E-state index contributed by atoms with van der Waals surface area (Å²) in [6, 6.07) is 11.3. The number of carbonyl (C=O) groups is 2. The van der Waals surface area contributed by atoms with Crippen LogP contribution in [0.3, 0.4) is 0 Å². The summed E-state index contributed by atoms with van der Waals surface area (Å²) in [6.45, 7) is 5.03. The number of carbonyl (C=O) groups excluding carboxylic acids is 2. The van der Waals surface area contributed by atoms with Crippen LogP contribution in [0.2, 0.25) is 5.02 Å². The monoisotopic (exact) mass is 457 g/mol. The number of unbranched alkanes of at least 4 members (excludes halogenated alkanes) is 1. The molecular formula is C25H28ClNO5. The Kier molecular flexibility index (Phi) is 7.80. The van der Waals surface area contributed by atoms with Gasteiger partial charge in [-0.2, -0.15) is 0 Å². The highest BCUT2D eigenvalue weighted by Crippen LogP contribution is 2.41. The highest BCUT2D eigenvalue weighted by Gasteiger charge is 2.45. The van der Waals surface area contributed by atoms with E-state index in [0.29, 0.717) is 36.6 Å². The van der Waals surface area contributed by atoms with Gasteiger partial charge in [-0.3, -0.25) is 9.59 Å². The van der Waals surface area contributed by atoms with Crippen LogP contribution >= 0.6 is 11.6 Å². The van der Waals surface area contributed by atoms with Crippen molar-refractivity contribution in [2.75, 3.05) is 20.3 Å². The minimum Gasteiger partial charge on any atom is -0.507 e. The van der Waals surface area contributed by atoms with Crippen molar-refractivity contribution in [2.24, 2.45) is 0 Å². The summed E-state index contributed by atoms with van der Waals surface area (Å²) in [6.07, 6.45) is 2.66. The van der Waals surface area contributed by atoms with E-state index in [1.165, 1.54) is 12.0 Å². The zero-order chi connectivity index (χ0) is 23.3. The number of ether oxygens (including phenoxy) is 2. The lowest BCUT2D eigenvalue weighted by atomic mass is 9.95. The zero-order valence-corrected chi connectivity index (χ0v) is 19.3. The fourth-order valence-corrected chi connectivity index (χ4v) is 3.94. The van der Waals surface area contributed by atoms with Crippen molar-refractivity contribution >= 4 is 29.1 Å². The van der Waals surface area contributed by atoms with Gasteiger partial charge in [-0.25, -0.2) is 0 Å². The molecule has 1 aliphatic rings. The maximum absolute atomic E-state index is 13.0. The summed E-state index contributed by atoms with van der Waals surface area (Å²) < 4.78 is 11.0. The molecule has 0 spiro atoms. The van der Waals surface area contributed by atoms with E-state index in [4.69, 9.17) is 21.1 Å². The lowest BCUT2D eigenvalue weighted by molar-refractivity contribution is -0.139. The minimum atomic E-state index is -0.733. The van der Waals surface area contributed by atoms with Gasteiger partial charge in [0.05, 0.1) is 30.4 Å². The minimum absolute atomic E-state index is 0.0123. The first-order valence-corrected chi connectivity index (χ1v) is 11.2. The number of hydrogen-bond donors (Lipinski definition) is 1. The summed E-state index contributed by atoms with van der Waals surface area (Å²) in [5, 5.41) is 11.4. The summed E-state index contributed by atoms with van der Waals surface area (Å²) in [4.78, 5) is 27.3. The highest BCUT2D eigenvalue weighted by molar-refractivity contribution is 6.47. The fraction of sp³-hybridized carbons (Fsp3) is 0.360. The van der Waals surface area contributed by atoms with Gasteiger partial charge in [-0.15, -0.1) is 0 Å². The largest absolute Gasteiger partial charge is 0.507 e. The van der Waals surface area contributed by atoms with Crippen molar-refractivity contribution in [1.82, 2.24) is 4.90 Å². The van der Waals surface area contributed by atoms with Gasteiger partial charge in [0.25, 0.3) is 11.7 Å². The summed E-state index contributed by atoms with van der Waals surface area (Å²) in [7, 11) is 1.50.